The van der Waals surface area contributed by atoms with E-state index in [-0.39, 0.29) is 5.75 Å². The fourth-order valence-corrected chi connectivity index (χ4v) is 1.70. The third-order valence-electron chi connectivity index (χ3n) is 1.98. The number of alkyl halides is 1. The van der Waals surface area contributed by atoms with Crippen molar-refractivity contribution in [1.29, 1.82) is 0 Å². The van der Waals surface area contributed by atoms with Crippen LogP contribution in [0, 0.1) is 0 Å². The van der Waals surface area contributed by atoms with E-state index in [0.29, 0.717) is 5.33 Å². The minimum atomic E-state index is 0.287. The summed E-state index contributed by atoms with van der Waals surface area (Å²) in [6.45, 7) is 0. The van der Waals surface area contributed by atoms with Gasteiger partial charge in [0.25, 0.3) is 0 Å². The molecule has 0 saturated heterocycles. The Balaban J connectivity index is 2.43. The summed E-state index contributed by atoms with van der Waals surface area (Å²) in [7, 11) is 0. The van der Waals surface area contributed by atoms with E-state index in [1.54, 1.807) is 16.9 Å². The van der Waals surface area contributed by atoms with Crippen molar-refractivity contribution in [1.82, 2.24) is 9.78 Å². The molecule has 4 heteroatoms. The van der Waals surface area contributed by atoms with Gasteiger partial charge in [0.2, 0.25) is 0 Å². The van der Waals surface area contributed by atoms with Crippen molar-refractivity contribution >= 4 is 15.9 Å². The standard InChI is InChI=1S/C10H9BrN2O/c11-7-8-2-3-9(6-10(8)14)13-5-1-4-12-13/h1-6,14H,7H2. The summed E-state index contributed by atoms with van der Waals surface area (Å²) in [6, 6.07) is 7.34. The Hall–Kier alpha value is -1.29. The molecular weight excluding hydrogens is 244 g/mol. The largest absolute Gasteiger partial charge is 0.508 e. The molecule has 0 radical (unpaired) electrons. The van der Waals surface area contributed by atoms with E-state index in [1.807, 2.05) is 24.4 Å². The van der Waals surface area contributed by atoms with Crippen LogP contribution >= 0.6 is 15.9 Å². The Bertz CT molecular complexity index is 426. The van der Waals surface area contributed by atoms with Crippen molar-refractivity contribution in [3.63, 3.8) is 0 Å². The van der Waals surface area contributed by atoms with Gasteiger partial charge in [0.05, 0.1) is 5.69 Å². The number of rotatable bonds is 2. The maximum Gasteiger partial charge on any atom is 0.121 e. The van der Waals surface area contributed by atoms with Crippen molar-refractivity contribution in [2.24, 2.45) is 0 Å². The Labute approximate surface area is 90.1 Å². The first kappa shape index (κ1) is 9.27. The molecule has 0 amide bonds. The minimum Gasteiger partial charge on any atom is -0.508 e. The van der Waals surface area contributed by atoms with E-state index in [2.05, 4.69) is 21.0 Å². The summed E-state index contributed by atoms with van der Waals surface area (Å²) in [5.41, 5.74) is 1.73. The molecule has 3 nitrogen and oxygen atoms in total. The van der Waals surface area contributed by atoms with Gasteiger partial charge in [-0.25, -0.2) is 4.68 Å². The Morgan fingerprint density at radius 3 is 2.86 bits per heavy atom. The van der Waals surface area contributed by atoms with Crippen molar-refractivity contribution in [3.05, 3.63) is 42.2 Å². The first-order valence-corrected chi connectivity index (χ1v) is 5.31. The van der Waals surface area contributed by atoms with Gasteiger partial charge in [0.1, 0.15) is 5.75 Å². The van der Waals surface area contributed by atoms with Crippen LogP contribution in [-0.4, -0.2) is 14.9 Å². The smallest absolute Gasteiger partial charge is 0.121 e. The van der Waals surface area contributed by atoms with Gasteiger partial charge in [-0.1, -0.05) is 22.0 Å². The van der Waals surface area contributed by atoms with Crippen molar-refractivity contribution in [2.45, 2.75) is 5.33 Å². The molecule has 0 unspecified atom stereocenters. The molecule has 0 aliphatic carbocycles. The number of phenols is 1. The predicted octanol–water partition coefficient (Wildman–Crippen LogP) is 2.47. The van der Waals surface area contributed by atoms with Gasteiger partial charge in [-0.2, -0.15) is 5.10 Å². The normalized spacial score (nSPS) is 10.4. The average Bonchev–Trinajstić information content (AvgIpc) is 2.70. The van der Waals surface area contributed by atoms with Crippen molar-refractivity contribution in [2.75, 3.05) is 0 Å². The summed E-state index contributed by atoms with van der Waals surface area (Å²) >= 11 is 3.30. The highest BCUT2D eigenvalue weighted by atomic mass is 79.9. The summed E-state index contributed by atoms with van der Waals surface area (Å²) < 4.78 is 1.71. The highest BCUT2D eigenvalue weighted by Crippen LogP contribution is 2.22. The van der Waals surface area contributed by atoms with Gasteiger partial charge in [-0.05, 0) is 12.1 Å². The van der Waals surface area contributed by atoms with Crippen molar-refractivity contribution in [3.8, 4) is 11.4 Å². The second-order valence-corrected chi connectivity index (χ2v) is 3.46. The minimum absolute atomic E-state index is 0.287. The van der Waals surface area contributed by atoms with Crippen LogP contribution in [0.2, 0.25) is 0 Å². The number of aromatic hydroxyl groups is 1. The average molecular weight is 253 g/mol. The first-order chi connectivity index (χ1) is 6.81. The molecule has 1 N–H and O–H groups in total. The zero-order valence-corrected chi connectivity index (χ0v) is 8.98. The van der Waals surface area contributed by atoms with Crippen LogP contribution in [0.15, 0.2) is 36.7 Å². The molecule has 72 valence electrons. The molecule has 1 aromatic heterocycles. The Kier molecular flexibility index (Phi) is 2.54. The summed E-state index contributed by atoms with van der Waals surface area (Å²) in [4.78, 5) is 0. The molecule has 0 aliphatic rings. The number of halogens is 1. The van der Waals surface area contributed by atoms with E-state index >= 15 is 0 Å². The molecule has 0 atom stereocenters. The van der Waals surface area contributed by atoms with Gasteiger partial charge in [-0.15, -0.1) is 0 Å². The number of aromatic nitrogens is 2. The zero-order chi connectivity index (χ0) is 9.97. The van der Waals surface area contributed by atoms with E-state index in [0.717, 1.165) is 11.3 Å². The quantitative estimate of drug-likeness (QED) is 0.835. The SMILES string of the molecule is Oc1cc(-n2cccn2)ccc1CBr. The highest BCUT2D eigenvalue weighted by Gasteiger charge is 2.02. The lowest BCUT2D eigenvalue weighted by Crippen LogP contribution is -1.94. The molecule has 2 aromatic rings. The molecular formula is C10H9BrN2O. The third-order valence-corrected chi connectivity index (χ3v) is 2.59. The lowest BCUT2D eigenvalue weighted by molar-refractivity contribution is 0.470. The van der Waals surface area contributed by atoms with Gasteiger partial charge in [-0.3, -0.25) is 0 Å². The summed E-state index contributed by atoms with van der Waals surface area (Å²) in [6.07, 6.45) is 3.54. The van der Waals surface area contributed by atoms with E-state index < -0.39 is 0 Å². The summed E-state index contributed by atoms with van der Waals surface area (Å²) in [5, 5.41) is 14.3. The monoisotopic (exact) mass is 252 g/mol. The number of benzene rings is 1. The molecule has 1 aromatic carbocycles. The fourth-order valence-electron chi connectivity index (χ4n) is 1.23. The second kappa shape index (κ2) is 3.84. The second-order valence-electron chi connectivity index (χ2n) is 2.90. The highest BCUT2D eigenvalue weighted by molar-refractivity contribution is 9.08. The summed E-state index contributed by atoms with van der Waals surface area (Å²) in [5.74, 6) is 0.287. The van der Waals surface area contributed by atoms with Crippen LogP contribution in [-0.2, 0) is 5.33 Å². The van der Waals surface area contributed by atoms with Crippen LogP contribution in [0.25, 0.3) is 5.69 Å². The van der Waals surface area contributed by atoms with Gasteiger partial charge >= 0.3 is 0 Å². The fraction of sp³-hybridized carbons (Fsp3) is 0.100. The molecule has 2 rings (SSSR count). The molecule has 1 heterocycles. The van der Waals surface area contributed by atoms with Crippen LogP contribution in [0.4, 0.5) is 0 Å². The maximum atomic E-state index is 9.62. The van der Waals surface area contributed by atoms with E-state index in [9.17, 15) is 5.11 Å². The lowest BCUT2D eigenvalue weighted by atomic mass is 10.2. The number of nitrogens with zero attached hydrogens (tertiary/aromatic N) is 2. The van der Waals surface area contributed by atoms with Gasteiger partial charge in [0.15, 0.2) is 0 Å². The van der Waals surface area contributed by atoms with Crippen molar-refractivity contribution < 1.29 is 5.11 Å². The lowest BCUT2D eigenvalue weighted by Gasteiger charge is -2.04. The number of phenolic OH excluding ortho intramolecular Hbond substituents is 1. The molecule has 14 heavy (non-hydrogen) atoms. The molecule has 0 spiro atoms. The van der Waals surface area contributed by atoms with Crippen LogP contribution in [0.3, 0.4) is 0 Å². The van der Waals surface area contributed by atoms with Crippen LogP contribution in [0.1, 0.15) is 5.56 Å². The third kappa shape index (κ3) is 1.65. The van der Waals surface area contributed by atoms with Crippen LogP contribution in [0.5, 0.6) is 5.75 Å². The Morgan fingerprint density at radius 1 is 1.43 bits per heavy atom. The molecule has 0 fully saturated rings. The number of hydrogen-bond acceptors (Lipinski definition) is 2. The topological polar surface area (TPSA) is 38.0 Å². The number of hydrogen-bond donors (Lipinski definition) is 1. The molecule has 0 aliphatic heterocycles. The first-order valence-electron chi connectivity index (χ1n) is 4.19. The molecule has 0 bridgehead atoms. The predicted molar refractivity (Wildman–Crippen MR) is 57.9 cm³/mol. The maximum absolute atomic E-state index is 9.62. The molecule has 0 saturated carbocycles. The van der Waals surface area contributed by atoms with Crippen LogP contribution < -0.4 is 0 Å². The zero-order valence-electron chi connectivity index (χ0n) is 7.39. The van der Waals surface area contributed by atoms with Gasteiger partial charge < -0.3 is 5.11 Å². The van der Waals surface area contributed by atoms with E-state index in [1.165, 1.54) is 0 Å². The van der Waals surface area contributed by atoms with E-state index in [4.69, 9.17) is 0 Å². The Morgan fingerprint density at radius 2 is 2.29 bits per heavy atom. The van der Waals surface area contributed by atoms with Gasteiger partial charge in [0, 0.05) is 29.4 Å².